The van der Waals surface area contributed by atoms with E-state index >= 15 is 0 Å². The highest BCUT2D eigenvalue weighted by atomic mass is 19.1. The van der Waals surface area contributed by atoms with Gasteiger partial charge in [0.05, 0.1) is 31.7 Å². The number of halogens is 2. The van der Waals surface area contributed by atoms with E-state index < -0.39 is 11.9 Å². The summed E-state index contributed by atoms with van der Waals surface area (Å²) >= 11 is 0. The lowest BCUT2D eigenvalue weighted by molar-refractivity contribution is -0.920. The summed E-state index contributed by atoms with van der Waals surface area (Å²) in [6, 6.07) is 11.8. The zero-order chi connectivity index (χ0) is 21.1. The number of nitrogens with one attached hydrogen (secondary N) is 1. The number of likely N-dealkylation sites (tertiary alicyclic amines) is 1. The van der Waals surface area contributed by atoms with Crippen LogP contribution in [0.3, 0.4) is 0 Å². The molecule has 2 aliphatic rings. The number of hydrogen-bond donors (Lipinski definition) is 2. The Morgan fingerprint density at radius 3 is 2.17 bits per heavy atom. The van der Waals surface area contributed by atoms with Crippen LogP contribution < -0.4 is 15.1 Å². The summed E-state index contributed by atoms with van der Waals surface area (Å²) in [7, 11) is 0. The van der Waals surface area contributed by atoms with Crippen molar-refractivity contribution in [2.75, 3.05) is 24.5 Å². The molecule has 5 nitrogen and oxygen atoms in total. The zero-order valence-corrected chi connectivity index (χ0v) is 16.8. The molecule has 0 aromatic heterocycles. The number of imide groups is 1. The number of quaternary nitrogens is 2. The Morgan fingerprint density at radius 2 is 1.53 bits per heavy atom. The van der Waals surface area contributed by atoms with Crippen molar-refractivity contribution in [3.63, 3.8) is 0 Å². The maximum atomic E-state index is 13.1. The SMILES string of the molecule is O=C1C[C@H]([NH2+]CC2CC[NH+](Cc3ccc(F)cc3)CC2)C(=O)N1c1ccc(F)cc1. The first-order valence-corrected chi connectivity index (χ1v) is 10.5. The summed E-state index contributed by atoms with van der Waals surface area (Å²) in [5, 5.41) is 2.00. The van der Waals surface area contributed by atoms with Crippen LogP contribution in [0.4, 0.5) is 14.5 Å². The Bertz CT molecular complexity index is 894. The first-order chi connectivity index (χ1) is 14.5. The predicted molar refractivity (Wildman–Crippen MR) is 108 cm³/mol. The largest absolute Gasteiger partial charge is 0.335 e. The minimum Gasteiger partial charge on any atom is -0.335 e. The molecule has 2 aromatic carbocycles. The van der Waals surface area contributed by atoms with Crippen LogP contribution in [0.5, 0.6) is 0 Å². The molecular weight excluding hydrogens is 388 g/mol. The van der Waals surface area contributed by atoms with Crippen molar-refractivity contribution in [2.24, 2.45) is 5.92 Å². The molecule has 3 N–H and O–H groups in total. The zero-order valence-electron chi connectivity index (χ0n) is 16.8. The lowest BCUT2D eigenvalue weighted by atomic mass is 9.96. The lowest BCUT2D eigenvalue weighted by Crippen LogP contribution is -3.12. The van der Waals surface area contributed by atoms with Crippen LogP contribution >= 0.6 is 0 Å². The third-order valence-corrected chi connectivity index (χ3v) is 6.20. The number of carbonyl (C=O) groups is 2. The van der Waals surface area contributed by atoms with E-state index in [4.69, 9.17) is 0 Å². The van der Waals surface area contributed by atoms with Gasteiger partial charge in [-0.1, -0.05) is 12.1 Å². The summed E-state index contributed by atoms with van der Waals surface area (Å²) in [5.41, 5.74) is 1.58. The normalized spacial score (nSPS) is 24.5. The molecule has 2 fully saturated rings. The molecular formula is C23H27F2N3O2+2. The van der Waals surface area contributed by atoms with Gasteiger partial charge in [-0.2, -0.15) is 0 Å². The van der Waals surface area contributed by atoms with Crippen molar-refractivity contribution in [1.82, 2.24) is 0 Å². The maximum absolute atomic E-state index is 13.1. The maximum Gasteiger partial charge on any atom is 0.292 e. The molecule has 2 saturated heterocycles. The number of rotatable bonds is 6. The molecule has 30 heavy (non-hydrogen) atoms. The van der Waals surface area contributed by atoms with Gasteiger partial charge in [-0.3, -0.25) is 9.59 Å². The fourth-order valence-corrected chi connectivity index (χ4v) is 4.45. The van der Waals surface area contributed by atoms with E-state index in [9.17, 15) is 18.4 Å². The van der Waals surface area contributed by atoms with Gasteiger partial charge >= 0.3 is 0 Å². The van der Waals surface area contributed by atoms with Gasteiger partial charge in [-0.25, -0.2) is 13.7 Å². The van der Waals surface area contributed by atoms with Crippen molar-refractivity contribution in [3.05, 3.63) is 65.7 Å². The summed E-state index contributed by atoms with van der Waals surface area (Å²) < 4.78 is 26.2. The average Bonchev–Trinajstić information content (AvgIpc) is 3.03. The predicted octanol–water partition coefficient (Wildman–Crippen LogP) is 0.655. The minimum absolute atomic E-state index is 0.185. The third-order valence-electron chi connectivity index (χ3n) is 6.20. The third kappa shape index (κ3) is 4.74. The Kier molecular flexibility index (Phi) is 6.20. The van der Waals surface area contributed by atoms with Crippen LogP contribution in [-0.2, 0) is 16.1 Å². The van der Waals surface area contributed by atoms with E-state index in [1.807, 2.05) is 17.4 Å². The van der Waals surface area contributed by atoms with E-state index in [-0.39, 0.29) is 24.1 Å². The molecule has 2 aromatic rings. The summed E-state index contributed by atoms with van der Waals surface area (Å²) in [4.78, 5) is 27.7. The number of anilines is 1. The molecule has 1 atom stereocenters. The fourth-order valence-electron chi connectivity index (χ4n) is 4.45. The van der Waals surface area contributed by atoms with Gasteiger partial charge in [0.1, 0.15) is 18.2 Å². The molecule has 7 heteroatoms. The summed E-state index contributed by atoms with van der Waals surface area (Å²) in [5.74, 6) is -0.531. The van der Waals surface area contributed by atoms with Crippen LogP contribution in [0.15, 0.2) is 48.5 Å². The van der Waals surface area contributed by atoms with Gasteiger partial charge in [0.15, 0.2) is 6.04 Å². The van der Waals surface area contributed by atoms with Crippen LogP contribution in [0.1, 0.15) is 24.8 Å². The van der Waals surface area contributed by atoms with Crippen LogP contribution in [0, 0.1) is 17.6 Å². The number of benzene rings is 2. The molecule has 0 saturated carbocycles. The Morgan fingerprint density at radius 1 is 0.933 bits per heavy atom. The molecule has 0 radical (unpaired) electrons. The molecule has 2 aliphatic heterocycles. The van der Waals surface area contributed by atoms with E-state index in [2.05, 4.69) is 0 Å². The number of amides is 2. The van der Waals surface area contributed by atoms with Crippen molar-refractivity contribution in [3.8, 4) is 0 Å². The van der Waals surface area contributed by atoms with Gasteiger partial charge < -0.3 is 10.2 Å². The van der Waals surface area contributed by atoms with Gasteiger partial charge in [0, 0.05) is 24.3 Å². The van der Waals surface area contributed by atoms with E-state index in [0.29, 0.717) is 11.6 Å². The molecule has 2 heterocycles. The highest BCUT2D eigenvalue weighted by Gasteiger charge is 2.42. The minimum atomic E-state index is -0.396. The van der Waals surface area contributed by atoms with Crippen molar-refractivity contribution < 1.29 is 28.6 Å². The topological polar surface area (TPSA) is 58.4 Å². The molecule has 0 bridgehead atoms. The number of hydrogen-bond acceptors (Lipinski definition) is 2. The van der Waals surface area contributed by atoms with Crippen LogP contribution in [0.2, 0.25) is 0 Å². The number of piperidine rings is 1. The second kappa shape index (κ2) is 9.02. The second-order valence-corrected chi connectivity index (χ2v) is 8.32. The quantitative estimate of drug-likeness (QED) is 0.681. The van der Waals surface area contributed by atoms with Gasteiger partial charge in [-0.05, 0) is 36.4 Å². The van der Waals surface area contributed by atoms with Crippen molar-refractivity contribution >= 4 is 17.5 Å². The van der Waals surface area contributed by atoms with Crippen molar-refractivity contribution in [1.29, 1.82) is 0 Å². The molecule has 4 rings (SSSR count). The van der Waals surface area contributed by atoms with Crippen LogP contribution in [-0.4, -0.2) is 37.5 Å². The second-order valence-electron chi connectivity index (χ2n) is 8.32. The molecule has 2 amide bonds. The monoisotopic (exact) mass is 415 g/mol. The van der Waals surface area contributed by atoms with Gasteiger partial charge in [0.2, 0.25) is 5.91 Å². The molecule has 0 unspecified atom stereocenters. The summed E-state index contributed by atoms with van der Waals surface area (Å²) in [6.45, 7) is 3.83. The average molecular weight is 415 g/mol. The first-order valence-electron chi connectivity index (χ1n) is 10.5. The Labute approximate surface area is 174 Å². The van der Waals surface area contributed by atoms with E-state index in [0.717, 1.165) is 44.6 Å². The number of nitrogens with two attached hydrogens (primary N) is 1. The first kappa shape index (κ1) is 20.6. The molecule has 0 spiro atoms. The number of nitrogens with zero attached hydrogens (tertiary/aromatic N) is 1. The fraction of sp³-hybridized carbons (Fsp3) is 0.391. The Hall–Kier alpha value is -2.64. The highest BCUT2D eigenvalue weighted by molar-refractivity contribution is 6.21. The standard InChI is InChI=1S/C23H25F2N3O2/c24-18-3-1-17(2-4-18)15-27-11-9-16(10-12-27)14-26-21-13-22(29)28(23(21)30)20-7-5-19(25)6-8-20/h1-8,16,21,26H,9-15H2/p+2/t21-/m0/s1. The smallest absolute Gasteiger partial charge is 0.292 e. The van der Waals surface area contributed by atoms with Crippen molar-refractivity contribution in [2.45, 2.75) is 31.8 Å². The van der Waals surface area contributed by atoms with Gasteiger partial charge in [0.25, 0.3) is 5.91 Å². The van der Waals surface area contributed by atoms with Crippen LogP contribution in [0.25, 0.3) is 0 Å². The van der Waals surface area contributed by atoms with E-state index in [1.54, 1.807) is 0 Å². The molecule has 158 valence electrons. The molecule has 0 aliphatic carbocycles. The number of carbonyl (C=O) groups excluding carboxylic acids is 2. The Balaban J connectivity index is 1.24. The van der Waals surface area contributed by atoms with E-state index in [1.165, 1.54) is 46.2 Å². The van der Waals surface area contributed by atoms with Gasteiger partial charge in [-0.15, -0.1) is 0 Å². The highest BCUT2D eigenvalue weighted by Crippen LogP contribution is 2.22. The summed E-state index contributed by atoms with van der Waals surface area (Å²) in [6.07, 6.45) is 2.33. The lowest BCUT2D eigenvalue weighted by Gasteiger charge is -2.28.